The lowest BCUT2D eigenvalue weighted by Crippen LogP contribution is -2.14. The van der Waals surface area contributed by atoms with E-state index in [0.29, 0.717) is 17.2 Å². The van der Waals surface area contributed by atoms with Crippen LogP contribution in [0.2, 0.25) is 0 Å². The summed E-state index contributed by atoms with van der Waals surface area (Å²) in [4.78, 5) is 12.2. The molecule has 0 heterocycles. The zero-order valence-electron chi connectivity index (χ0n) is 13.2. The van der Waals surface area contributed by atoms with Crippen LogP contribution in [0, 0.1) is 5.82 Å². The van der Waals surface area contributed by atoms with Crippen molar-refractivity contribution >= 4 is 11.5 Å². The number of hydrogen-bond acceptors (Lipinski definition) is 5. The molecular formula is C17H18FNO4. The fraction of sp³-hybridized carbons (Fsp3) is 0.235. The van der Waals surface area contributed by atoms with E-state index in [1.54, 1.807) is 25.3 Å². The molecule has 0 aliphatic rings. The van der Waals surface area contributed by atoms with Gasteiger partial charge in [-0.1, -0.05) is 0 Å². The van der Waals surface area contributed by atoms with Crippen molar-refractivity contribution in [2.45, 2.75) is 0 Å². The number of carbonyl (C=O) groups is 1. The first-order valence-corrected chi connectivity index (χ1v) is 6.91. The van der Waals surface area contributed by atoms with Gasteiger partial charge in [-0.25, -0.2) is 4.39 Å². The van der Waals surface area contributed by atoms with Crippen molar-refractivity contribution in [1.29, 1.82) is 0 Å². The minimum absolute atomic E-state index is 0.00839. The van der Waals surface area contributed by atoms with Gasteiger partial charge in [-0.3, -0.25) is 4.79 Å². The number of rotatable bonds is 7. The second-order valence-electron chi connectivity index (χ2n) is 4.69. The minimum atomic E-state index is -0.569. The van der Waals surface area contributed by atoms with E-state index in [9.17, 15) is 9.18 Å². The maximum atomic E-state index is 13.6. The van der Waals surface area contributed by atoms with E-state index in [4.69, 9.17) is 14.2 Å². The van der Waals surface area contributed by atoms with Crippen LogP contribution in [0.3, 0.4) is 0 Å². The average Bonchev–Trinajstić information content (AvgIpc) is 2.59. The normalized spacial score (nSPS) is 10.1. The van der Waals surface area contributed by atoms with Gasteiger partial charge in [-0.2, -0.15) is 0 Å². The number of carbonyl (C=O) groups excluding carboxylic acids is 1. The summed E-state index contributed by atoms with van der Waals surface area (Å²) in [6.07, 6.45) is 0. The second-order valence-corrected chi connectivity index (χ2v) is 4.69. The van der Waals surface area contributed by atoms with Gasteiger partial charge in [0.1, 0.15) is 11.5 Å². The lowest BCUT2D eigenvalue weighted by Gasteiger charge is -2.12. The van der Waals surface area contributed by atoms with Crippen LogP contribution in [0.4, 0.5) is 10.1 Å². The third kappa shape index (κ3) is 3.91. The Labute approximate surface area is 134 Å². The van der Waals surface area contributed by atoms with Gasteiger partial charge in [0.25, 0.3) is 0 Å². The first kappa shape index (κ1) is 16.6. The van der Waals surface area contributed by atoms with E-state index in [1.165, 1.54) is 26.4 Å². The zero-order valence-corrected chi connectivity index (χ0v) is 13.2. The quantitative estimate of drug-likeness (QED) is 0.795. The fourth-order valence-corrected chi connectivity index (χ4v) is 2.06. The topological polar surface area (TPSA) is 56.8 Å². The Balaban J connectivity index is 2.08. The van der Waals surface area contributed by atoms with Gasteiger partial charge in [0, 0.05) is 11.6 Å². The molecule has 0 atom stereocenters. The Bertz CT molecular complexity index is 703. The van der Waals surface area contributed by atoms with Crippen molar-refractivity contribution in [1.82, 2.24) is 0 Å². The molecule has 5 nitrogen and oxygen atoms in total. The Kier molecular flexibility index (Phi) is 5.41. The molecule has 1 N–H and O–H groups in total. The second kappa shape index (κ2) is 7.49. The molecule has 6 heteroatoms. The molecule has 0 radical (unpaired) electrons. The van der Waals surface area contributed by atoms with Crippen molar-refractivity contribution < 1.29 is 23.4 Å². The van der Waals surface area contributed by atoms with Gasteiger partial charge in [-0.05, 0) is 30.3 Å². The van der Waals surface area contributed by atoms with E-state index >= 15 is 0 Å². The van der Waals surface area contributed by atoms with Crippen LogP contribution in [0.25, 0.3) is 0 Å². The van der Waals surface area contributed by atoms with Gasteiger partial charge in [0.2, 0.25) is 0 Å². The van der Waals surface area contributed by atoms with E-state index in [-0.39, 0.29) is 23.6 Å². The standard InChI is InChI=1S/C17H18FNO4/c1-21-12-5-6-14(17(9-12)23-3)19-10-15(20)11-4-7-16(22-2)13(18)8-11/h4-9,19H,10H2,1-3H3. The molecule has 0 fully saturated rings. The number of Topliss-reactive ketones (excluding diaryl/α,β-unsaturated/α-hetero) is 1. The summed E-state index contributed by atoms with van der Waals surface area (Å²) >= 11 is 0. The largest absolute Gasteiger partial charge is 0.497 e. The summed E-state index contributed by atoms with van der Waals surface area (Å²) in [5, 5.41) is 2.98. The lowest BCUT2D eigenvalue weighted by molar-refractivity contribution is 0.101. The molecule has 2 aromatic carbocycles. The molecule has 0 aliphatic heterocycles. The Morgan fingerprint density at radius 1 is 1.00 bits per heavy atom. The summed E-state index contributed by atoms with van der Waals surface area (Å²) in [6.45, 7) is 0.00839. The maximum absolute atomic E-state index is 13.6. The van der Waals surface area contributed by atoms with Crippen LogP contribution in [-0.4, -0.2) is 33.7 Å². The highest BCUT2D eigenvalue weighted by atomic mass is 19.1. The summed E-state index contributed by atoms with van der Waals surface area (Å²) in [7, 11) is 4.46. The monoisotopic (exact) mass is 319 g/mol. The summed E-state index contributed by atoms with van der Waals surface area (Å²) in [6, 6.07) is 9.32. The van der Waals surface area contributed by atoms with Crippen LogP contribution in [0.5, 0.6) is 17.2 Å². The molecule has 2 rings (SSSR count). The molecule has 0 saturated heterocycles. The zero-order chi connectivity index (χ0) is 16.8. The summed E-state index contributed by atoms with van der Waals surface area (Å²) in [5.41, 5.74) is 0.916. The van der Waals surface area contributed by atoms with Gasteiger partial charge in [0.05, 0.1) is 33.6 Å². The number of ketones is 1. The van der Waals surface area contributed by atoms with Gasteiger partial charge >= 0.3 is 0 Å². The number of ether oxygens (including phenoxy) is 3. The molecule has 23 heavy (non-hydrogen) atoms. The van der Waals surface area contributed by atoms with E-state index in [1.807, 2.05) is 0 Å². The van der Waals surface area contributed by atoms with Crippen molar-refractivity contribution in [3.63, 3.8) is 0 Å². The van der Waals surface area contributed by atoms with Gasteiger partial charge < -0.3 is 19.5 Å². The van der Waals surface area contributed by atoms with E-state index in [2.05, 4.69) is 5.32 Å². The molecule has 0 aromatic heterocycles. The summed E-state index contributed by atoms with van der Waals surface area (Å²) in [5.74, 6) is 0.491. The predicted molar refractivity (Wildman–Crippen MR) is 85.3 cm³/mol. The minimum Gasteiger partial charge on any atom is -0.497 e. The third-order valence-electron chi connectivity index (χ3n) is 3.32. The molecule has 2 aromatic rings. The Hall–Kier alpha value is -2.76. The molecule has 0 unspecified atom stereocenters. The number of anilines is 1. The van der Waals surface area contributed by atoms with E-state index < -0.39 is 5.82 Å². The number of benzene rings is 2. The maximum Gasteiger partial charge on any atom is 0.181 e. The van der Waals surface area contributed by atoms with Crippen LogP contribution in [0.15, 0.2) is 36.4 Å². The lowest BCUT2D eigenvalue weighted by atomic mass is 10.1. The highest BCUT2D eigenvalue weighted by Gasteiger charge is 2.11. The molecule has 0 aliphatic carbocycles. The average molecular weight is 319 g/mol. The molecular weight excluding hydrogens is 301 g/mol. The predicted octanol–water partition coefficient (Wildman–Crippen LogP) is 3.15. The first-order chi connectivity index (χ1) is 11.1. The number of halogens is 1. The fourth-order valence-electron chi connectivity index (χ4n) is 2.06. The highest BCUT2D eigenvalue weighted by Crippen LogP contribution is 2.29. The Morgan fingerprint density at radius 2 is 1.74 bits per heavy atom. The van der Waals surface area contributed by atoms with Gasteiger partial charge in [-0.15, -0.1) is 0 Å². The number of methoxy groups -OCH3 is 3. The number of nitrogens with one attached hydrogen (secondary N) is 1. The smallest absolute Gasteiger partial charge is 0.181 e. The molecule has 0 amide bonds. The van der Waals surface area contributed by atoms with Gasteiger partial charge in [0.15, 0.2) is 17.3 Å². The summed E-state index contributed by atoms with van der Waals surface area (Å²) < 4.78 is 28.8. The van der Waals surface area contributed by atoms with Crippen molar-refractivity contribution in [3.8, 4) is 17.2 Å². The highest BCUT2D eigenvalue weighted by molar-refractivity contribution is 5.99. The molecule has 0 spiro atoms. The molecule has 0 bridgehead atoms. The van der Waals surface area contributed by atoms with Crippen LogP contribution in [-0.2, 0) is 0 Å². The van der Waals surface area contributed by atoms with Crippen LogP contribution in [0.1, 0.15) is 10.4 Å². The SMILES string of the molecule is COc1ccc(NCC(=O)c2ccc(OC)c(F)c2)c(OC)c1. The van der Waals surface area contributed by atoms with E-state index in [0.717, 1.165) is 6.07 Å². The third-order valence-corrected chi connectivity index (χ3v) is 3.32. The molecule has 0 saturated carbocycles. The van der Waals surface area contributed by atoms with Crippen molar-refractivity contribution in [2.24, 2.45) is 0 Å². The van der Waals surface area contributed by atoms with Crippen molar-refractivity contribution in [3.05, 3.63) is 47.8 Å². The van der Waals surface area contributed by atoms with Crippen molar-refractivity contribution in [2.75, 3.05) is 33.2 Å². The Morgan fingerprint density at radius 3 is 2.35 bits per heavy atom. The van der Waals surface area contributed by atoms with Crippen LogP contribution < -0.4 is 19.5 Å². The van der Waals surface area contributed by atoms with Crippen LogP contribution >= 0.6 is 0 Å². The molecule has 122 valence electrons. The first-order valence-electron chi connectivity index (χ1n) is 6.91. The number of hydrogen-bond donors (Lipinski definition) is 1.